The van der Waals surface area contributed by atoms with Gasteiger partial charge in [-0.2, -0.15) is 0 Å². The van der Waals surface area contributed by atoms with Gasteiger partial charge >= 0.3 is 41.5 Å². The van der Waals surface area contributed by atoms with Crippen LogP contribution >= 0.6 is 34.9 Å². The van der Waals surface area contributed by atoms with Gasteiger partial charge in [0.1, 0.15) is 22.5 Å². The smallest absolute Gasteiger partial charge is 0.857 e. The van der Waals surface area contributed by atoms with Gasteiger partial charge in [-0.3, -0.25) is 14.7 Å². The van der Waals surface area contributed by atoms with Crippen LogP contribution in [0.3, 0.4) is 0 Å². The number of hydrogen-bond acceptors (Lipinski definition) is 13. The number of thiazole rings is 1. The Morgan fingerprint density at radius 1 is 1.50 bits per heavy atom. The Hall–Kier alpha value is -2.04. The molecule has 12 nitrogen and oxygen atoms in total. The molecule has 0 aromatic carbocycles. The number of carboxylic acid groups (broad SMARTS) is 1. The minimum atomic E-state index is -1.33. The van der Waals surface area contributed by atoms with Gasteiger partial charge in [-0.05, 0) is 5.41 Å². The van der Waals surface area contributed by atoms with E-state index in [2.05, 4.69) is 19.9 Å². The Bertz CT molecular complexity index is 1050. The van der Waals surface area contributed by atoms with Crippen molar-refractivity contribution in [1.82, 2.24) is 9.88 Å². The molecule has 2 aliphatic heterocycles. The summed E-state index contributed by atoms with van der Waals surface area (Å²) in [6.45, 7) is 0. The van der Waals surface area contributed by atoms with Crippen LogP contribution in [0.1, 0.15) is 5.69 Å². The summed E-state index contributed by atoms with van der Waals surface area (Å²) in [6.07, 6.45) is 1.13. The predicted molar refractivity (Wildman–Crippen MR) is 113 cm³/mol. The van der Waals surface area contributed by atoms with Crippen LogP contribution in [0.4, 0.5) is 5.13 Å². The van der Waals surface area contributed by atoms with Crippen LogP contribution in [0, 0.1) is 0 Å². The molecular formula is C16H14N5NaO7S3. The summed E-state index contributed by atoms with van der Waals surface area (Å²) in [7, 11) is 1.21. The second-order valence-electron chi connectivity index (χ2n) is 5.83. The molecule has 4 N–H and O–H groups in total. The molecular weight excluding hydrogens is 493 g/mol. The number of anilines is 1. The molecule has 0 saturated carbocycles. The van der Waals surface area contributed by atoms with Crippen molar-refractivity contribution in [3.63, 3.8) is 0 Å². The van der Waals surface area contributed by atoms with E-state index in [9.17, 15) is 24.6 Å². The van der Waals surface area contributed by atoms with Crippen LogP contribution < -0.4 is 40.4 Å². The molecule has 1 fully saturated rings. The quantitative estimate of drug-likeness (QED) is 0.0489. The topological polar surface area (TPSA) is 191 Å². The third-order valence-corrected chi connectivity index (χ3v) is 7.06. The summed E-state index contributed by atoms with van der Waals surface area (Å²) in [4.78, 5) is 44.6. The van der Waals surface area contributed by atoms with Gasteiger partial charge in [-0.15, -0.1) is 23.1 Å². The van der Waals surface area contributed by atoms with Crippen LogP contribution in [0.2, 0.25) is 0 Å². The SMILES string of the molecule is COC(=O)/C=C\SC1=C(C(=O)O)N2C(=O)[C@@H](N=C([O-])/C(=N/O)c3csc(N)n3)[C@H]2SC1.[Na+]. The summed E-state index contributed by atoms with van der Waals surface area (Å²) in [6, 6.07) is -1.14. The van der Waals surface area contributed by atoms with Gasteiger partial charge in [0.15, 0.2) is 11.2 Å². The van der Waals surface area contributed by atoms with Crippen LogP contribution in [0.15, 0.2) is 37.6 Å². The van der Waals surface area contributed by atoms with E-state index in [1.165, 1.54) is 29.7 Å². The zero-order valence-electron chi connectivity index (χ0n) is 16.6. The number of amides is 1. The van der Waals surface area contributed by atoms with Crippen molar-refractivity contribution < 1.29 is 64.1 Å². The van der Waals surface area contributed by atoms with Crippen LogP contribution in [0.25, 0.3) is 0 Å². The van der Waals surface area contributed by atoms with Gasteiger partial charge in [0.25, 0.3) is 5.91 Å². The van der Waals surface area contributed by atoms with Gasteiger partial charge in [-0.25, -0.2) is 14.6 Å². The van der Waals surface area contributed by atoms with Gasteiger partial charge in [0.2, 0.25) is 0 Å². The molecule has 2 aliphatic rings. The first kappa shape index (κ1) is 26.2. The molecule has 0 spiro atoms. The van der Waals surface area contributed by atoms with Gasteiger partial charge in [0, 0.05) is 28.0 Å². The van der Waals surface area contributed by atoms with Crippen LogP contribution in [0.5, 0.6) is 0 Å². The van der Waals surface area contributed by atoms with Crippen LogP contribution in [-0.4, -0.2) is 73.9 Å². The zero-order valence-corrected chi connectivity index (χ0v) is 21.1. The average Bonchev–Trinajstić information content (AvgIpc) is 3.17. The number of fused-ring (bicyclic) bond motifs is 1. The number of methoxy groups -OCH3 is 1. The summed E-state index contributed by atoms with van der Waals surface area (Å²) in [5.41, 5.74) is 4.81. The number of nitrogens with zero attached hydrogens (tertiary/aromatic N) is 4. The summed E-state index contributed by atoms with van der Waals surface area (Å²) in [5.74, 6) is -3.38. The minimum absolute atomic E-state index is 0. The first-order chi connectivity index (χ1) is 14.8. The molecule has 3 rings (SSSR count). The maximum absolute atomic E-state index is 12.6. The van der Waals surface area contributed by atoms with Crippen molar-refractivity contribution in [1.29, 1.82) is 0 Å². The molecule has 16 heteroatoms. The monoisotopic (exact) mass is 507 g/mol. The number of aliphatic imine (C=N–C) groups is 1. The zero-order chi connectivity index (χ0) is 22.7. The van der Waals surface area contributed by atoms with Gasteiger partial charge < -0.3 is 25.9 Å². The van der Waals surface area contributed by atoms with E-state index >= 15 is 0 Å². The van der Waals surface area contributed by atoms with Crippen molar-refractivity contribution >= 4 is 69.4 Å². The number of nitrogen functional groups attached to an aromatic ring is 1. The molecule has 0 unspecified atom stereocenters. The van der Waals surface area contributed by atoms with E-state index in [1.54, 1.807) is 0 Å². The molecule has 3 heterocycles. The fourth-order valence-electron chi connectivity index (χ4n) is 2.67. The predicted octanol–water partition coefficient (Wildman–Crippen LogP) is -3.33. The number of aromatic nitrogens is 1. The largest absolute Gasteiger partial charge is 1.00 e. The number of hydrogen-bond donors (Lipinski definition) is 3. The maximum atomic E-state index is 12.6. The molecule has 32 heavy (non-hydrogen) atoms. The minimum Gasteiger partial charge on any atom is -0.857 e. The van der Waals surface area contributed by atoms with Crippen LogP contribution in [-0.2, 0) is 19.1 Å². The van der Waals surface area contributed by atoms with E-state index in [0.717, 1.165) is 34.1 Å². The Kier molecular flexibility index (Phi) is 9.18. The van der Waals surface area contributed by atoms with E-state index in [0.29, 0.717) is 4.91 Å². The number of rotatable bonds is 7. The van der Waals surface area contributed by atoms with Crippen molar-refractivity contribution in [2.24, 2.45) is 10.1 Å². The van der Waals surface area contributed by atoms with Crippen molar-refractivity contribution in [3.05, 3.63) is 33.2 Å². The molecule has 1 amide bonds. The summed E-state index contributed by atoms with van der Waals surface area (Å²) < 4.78 is 4.47. The second kappa shape index (κ2) is 11.2. The average molecular weight is 508 g/mol. The Balaban J connectivity index is 0.00000363. The Labute approximate surface area is 215 Å². The number of carboxylic acids is 1. The molecule has 164 valence electrons. The maximum Gasteiger partial charge on any atom is 1.00 e. The third kappa shape index (κ3) is 5.29. The molecule has 1 aromatic heterocycles. The number of carbonyl (C=O) groups excluding carboxylic acids is 2. The van der Waals surface area contributed by atoms with E-state index < -0.39 is 40.9 Å². The van der Waals surface area contributed by atoms with Crippen molar-refractivity contribution in [2.75, 3.05) is 18.6 Å². The normalized spacial score (nSPS) is 21.2. The molecule has 0 aliphatic carbocycles. The Morgan fingerprint density at radius 3 is 2.78 bits per heavy atom. The number of esters is 1. The number of carbonyl (C=O) groups is 3. The van der Waals surface area contributed by atoms with E-state index in [-0.39, 0.29) is 51.8 Å². The number of thioether (sulfide) groups is 2. The summed E-state index contributed by atoms with van der Waals surface area (Å²) in [5, 5.41) is 36.3. The number of aliphatic carboxylic acids is 1. The van der Waals surface area contributed by atoms with Crippen molar-refractivity contribution in [2.45, 2.75) is 11.4 Å². The van der Waals surface area contributed by atoms with Gasteiger partial charge in [-0.1, -0.05) is 16.9 Å². The molecule has 1 saturated heterocycles. The first-order valence-corrected chi connectivity index (χ1v) is 11.1. The van der Waals surface area contributed by atoms with E-state index in [1.807, 2.05) is 0 Å². The third-order valence-electron chi connectivity index (χ3n) is 4.05. The first-order valence-electron chi connectivity index (χ1n) is 8.29. The van der Waals surface area contributed by atoms with Crippen molar-refractivity contribution in [3.8, 4) is 0 Å². The molecule has 0 bridgehead atoms. The Morgan fingerprint density at radius 2 is 2.22 bits per heavy atom. The standard InChI is InChI=1S/C16H15N5O7S3.Na/c1-28-8(22)2-3-29-7-5-30-14-10(13(24)21(14)11(7)15(25)26)19-12(23)9(20-27)6-4-31-16(17)18-6;/h2-4,10,14,27H,5H2,1H3,(H2,17,18)(H,19,23)(H,25,26);/q;+1/p-1/b3-2-,20-9+;/t10-,14-;/m1./s1. The fraction of sp³-hybridized carbons (Fsp3) is 0.250. The number of oxime groups is 1. The number of nitrogens with two attached hydrogens (primary N) is 1. The van der Waals surface area contributed by atoms with E-state index in [4.69, 9.17) is 10.9 Å². The van der Waals surface area contributed by atoms with Gasteiger partial charge in [0.05, 0.1) is 7.11 Å². The molecule has 2 atom stereocenters. The number of β-lactam (4-membered cyclic amide) rings is 1. The molecule has 0 radical (unpaired) electrons. The molecule has 1 aromatic rings. The fourth-order valence-corrected chi connectivity index (χ4v) is 5.52. The second-order valence-corrected chi connectivity index (χ2v) is 8.82. The summed E-state index contributed by atoms with van der Waals surface area (Å²) >= 11 is 3.22. The number of ether oxygens (including phenoxy) is 1.